The standard InChI is InChI=1S/C18H24N2O4S2/c1-12-9-13-14(10-18(2,3)11-15(13)24-12)20-16(21)6-7-19-26(22,23)17-5-4-8-25-17/h4-5,8-9,14,19H,6-7,10-11H2,1-3H3,(H,20,21). The summed E-state index contributed by atoms with van der Waals surface area (Å²) in [6.07, 6.45) is 1.77. The van der Waals surface area contributed by atoms with Gasteiger partial charge in [-0.05, 0) is 36.3 Å². The minimum Gasteiger partial charge on any atom is -0.466 e. The minimum atomic E-state index is -3.54. The normalized spacial score (nSPS) is 19.1. The second kappa shape index (κ2) is 7.17. The van der Waals surface area contributed by atoms with Crippen molar-refractivity contribution in [2.75, 3.05) is 6.54 Å². The summed E-state index contributed by atoms with van der Waals surface area (Å²) >= 11 is 1.15. The van der Waals surface area contributed by atoms with Crippen molar-refractivity contribution in [3.8, 4) is 0 Å². The molecule has 2 aromatic heterocycles. The Morgan fingerprint density at radius 2 is 2.19 bits per heavy atom. The van der Waals surface area contributed by atoms with Crippen LogP contribution in [0.25, 0.3) is 0 Å². The molecule has 8 heteroatoms. The highest BCUT2D eigenvalue weighted by atomic mass is 32.2. The van der Waals surface area contributed by atoms with Gasteiger partial charge in [0.15, 0.2) is 0 Å². The zero-order chi connectivity index (χ0) is 18.9. The van der Waals surface area contributed by atoms with Gasteiger partial charge in [0.2, 0.25) is 15.9 Å². The van der Waals surface area contributed by atoms with E-state index < -0.39 is 10.0 Å². The molecule has 1 unspecified atom stereocenters. The van der Waals surface area contributed by atoms with E-state index >= 15 is 0 Å². The van der Waals surface area contributed by atoms with E-state index in [0.29, 0.717) is 0 Å². The fraction of sp³-hybridized carbons (Fsp3) is 0.500. The Balaban J connectivity index is 1.58. The molecule has 2 N–H and O–H groups in total. The predicted octanol–water partition coefficient (Wildman–Crippen LogP) is 3.15. The highest BCUT2D eigenvalue weighted by molar-refractivity contribution is 7.91. The molecule has 1 amide bonds. The lowest BCUT2D eigenvalue weighted by atomic mass is 9.74. The van der Waals surface area contributed by atoms with Crippen molar-refractivity contribution >= 4 is 27.3 Å². The SMILES string of the molecule is Cc1cc2c(o1)CC(C)(C)CC2NC(=O)CCNS(=O)(=O)c1cccs1. The Morgan fingerprint density at radius 1 is 1.42 bits per heavy atom. The summed E-state index contributed by atoms with van der Waals surface area (Å²) in [4.78, 5) is 12.3. The Hall–Kier alpha value is -1.64. The first kappa shape index (κ1) is 19.1. The molecule has 2 heterocycles. The van der Waals surface area contributed by atoms with Crippen molar-refractivity contribution < 1.29 is 17.6 Å². The molecule has 2 aromatic rings. The summed E-state index contributed by atoms with van der Waals surface area (Å²) in [5.74, 6) is 1.60. The molecule has 6 nitrogen and oxygen atoms in total. The van der Waals surface area contributed by atoms with Crippen LogP contribution in [0, 0.1) is 12.3 Å². The van der Waals surface area contributed by atoms with Crippen molar-refractivity contribution in [1.29, 1.82) is 0 Å². The van der Waals surface area contributed by atoms with Crippen molar-refractivity contribution in [1.82, 2.24) is 10.0 Å². The van der Waals surface area contributed by atoms with E-state index in [1.54, 1.807) is 17.5 Å². The Morgan fingerprint density at radius 3 is 2.88 bits per heavy atom. The van der Waals surface area contributed by atoms with Crippen LogP contribution in [0.2, 0.25) is 0 Å². The number of furan rings is 1. The predicted molar refractivity (Wildman–Crippen MR) is 101 cm³/mol. The molecule has 0 radical (unpaired) electrons. The molecule has 0 bridgehead atoms. The number of hydrogen-bond acceptors (Lipinski definition) is 5. The quantitative estimate of drug-likeness (QED) is 0.785. The van der Waals surface area contributed by atoms with Crippen molar-refractivity contribution in [2.24, 2.45) is 5.41 Å². The summed E-state index contributed by atoms with van der Waals surface area (Å²) < 4.78 is 32.6. The first-order chi connectivity index (χ1) is 12.2. The first-order valence-electron chi connectivity index (χ1n) is 8.58. The summed E-state index contributed by atoms with van der Waals surface area (Å²) in [6.45, 7) is 6.28. The van der Waals surface area contributed by atoms with E-state index in [9.17, 15) is 13.2 Å². The Kier molecular flexibility index (Phi) is 5.28. The molecule has 0 aromatic carbocycles. The molecule has 1 aliphatic carbocycles. The van der Waals surface area contributed by atoms with E-state index in [1.165, 1.54) is 0 Å². The van der Waals surface area contributed by atoms with Gasteiger partial charge in [-0.15, -0.1) is 11.3 Å². The maximum atomic E-state index is 12.3. The fourth-order valence-electron chi connectivity index (χ4n) is 3.37. The fourth-order valence-corrected chi connectivity index (χ4v) is 5.44. The first-order valence-corrected chi connectivity index (χ1v) is 10.9. The Labute approximate surface area is 158 Å². The van der Waals surface area contributed by atoms with Crippen LogP contribution >= 0.6 is 11.3 Å². The molecule has 0 fully saturated rings. The maximum absolute atomic E-state index is 12.3. The topological polar surface area (TPSA) is 88.4 Å². The van der Waals surface area contributed by atoms with Gasteiger partial charge in [0.1, 0.15) is 15.7 Å². The van der Waals surface area contributed by atoms with Crippen LogP contribution in [0.5, 0.6) is 0 Å². The van der Waals surface area contributed by atoms with E-state index in [2.05, 4.69) is 23.9 Å². The summed E-state index contributed by atoms with van der Waals surface area (Å²) in [7, 11) is -3.54. The van der Waals surface area contributed by atoms with Crippen LogP contribution in [0.4, 0.5) is 0 Å². The lowest BCUT2D eigenvalue weighted by molar-refractivity contribution is -0.122. The molecule has 3 rings (SSSR count). The van der Waals surface area contributed by atoms with Gasteiger partial charge in [-0.25, -0.2) is 13.1 Å². The van der Waals surface area contributed by atoms with Gasteiger partial charge in [0, 0.05) is 24.9 Å². The molecule has 0 saturated carbocycles. The van der Waals surface area contributed by atoms with Crippen molar-refractivity contribution in [2.45, 2.75) is 50.3 Å². The van der Waals surface area contributed by atoms with E-state index in [1.807, 2.05) is 13.0 Å². The zero-order valence-corrected chi connectivity index (χ0v) is 16.8. The minimum absolute atomic E-state index is 0.0377. The van der Waals surface area contributed by atoms with E-state index in [-0.39, 0.29) is 34.5 Å². The van der Waals surface area contributed by atoms with Crippen LogP contribution in [-0.2, 0) is 21.2 Å². The van der Waals surface area contributed by atoms with Crippen LogP contribution in [0.1, 0.15) is 49.8 Å². The van der Waals surface area contributed by atoms with E-state index in [4.69, 9.17) is 4.42 Å². The maximum Gasteiger partial charge on any atom is 0.250 e. The summed E-state index contributed by atoms with van der Waals surface area (Å²) in [5.41, 5.74) is 1.07. The van der Waals surface area contributed by atoms with Crippen molar-refractivity contribution in [3.63, 3.8) is 0 Å². The number of amides is 1. The molecule has 0 aliphatic heterocycles. The molecule has 0 spiro atoms. The molecule has 1 aliphatic rings. The van der Waals surface area contributed by atoms with Crippen molar-refractivity contribution in [3.05, 3.63) is 40.7 Å². The molecule has 142 valence electrons. The third-order valence-corrected chi connectivity index (χ3v) is 7.33. The Bertz CT molecular complexity index is 882. The summed E-state index contributed by atoms with van der Waals surface area (Å²) in [5, 5.41) is 4.74. The molecular formula is C18H24N2O4S2. The molecule has 1 atom stereocenters. The smallest absolute Gasteiger partial charge is 0.250 e. The lowest BCUT2D eigenvalue weighted by Gasteiger charge is -2.34. The number of hydrogen-bond donors (Lipinski definition) is 2. The number of fused-ring (bicyclic) bond motifs is 1. The highest BCUT2D eigenvalue weighted by Crippen LogP contribution is 2.42. The largest absolute Gasteiger partial charge is 0.466 e. The van der Waals surface area contributed by atoms with Gasteiger partial charge in [-0.2, -0.15) is 0 Å². The van der Waals surface area contributed by atoms with Gasteiger partial charge in [0.05, 0.1) is 6.04 Å². The monoisotopic (exact) mass is 396 g/mol. The van der Waals surface area contributed by atoms with E-state index in [0.717, 1.165) is 41.3 Å². The number of sulfonamides is 1. The lowest BCUT2D eigenvalue weighted by Crippen LogP contribution is -2.37. The average Bonchev–Trinajstić information content (AvgIpc) is 3.15. The van der Waals surface area contributed by atoms with Gasteiger partial charge >= 0.3 is 0 Å². The average molecular weight is 397 g/mol. The van der Waals surface area contributed by atoms with Gasteiger partial charge < -0.3 is 9.73 Å². The van der Waals surface area contributed by atoms with Crippen LogP contribution < -0.4 is 10.0 Å². The second-order valence-corrected chi connectivity index (χ2v) is 10.4. The number of thiophene rings is 1. The molecule has 0 saturated heterocycles. The third kappa shape index (κ3) is 4.36. The third-order valence-electron chi connectivity index (χ3n) is 4.48. The number of carbonyl (C=O) groups is 1. The number of carbonyl (C=O) groups excluding carboxylic acids is 1. The van der Waals surface area contributed by atoms with Gasteiger partial charge in [0.25, 0.3) is 0 Å². The number of aryl methyl sites for hydroxylation is 1. The van der Waals surface area contributed by atoms with Crippen LogP contribution in [0.3, 0.4) is 0 Å². The number of nitrogens with one attached hydrogen (secondary N) is 2. The number of rotatable bonds is 6. The second-order valence-electron chi connectivity index (χ2n) is 7.48. The molecular weight excluding hydrogens is 372 g/mol. The summed E-state index contributed by atoms with van der Waals surface area (Å²) in [6, 6.07) is 5.10. The van der Waals surface area contributed by atoms with Gasteiger partial charge in [-0.1, -0.05) is 19.9 Å². The molecule has 26 heavy (non-hydrogen) atoms. The van der Waals surface area contributed by atoms with Crippen LogP contribution in [0.15, 0.2) is 32.2 Å². The highest BCUT2D eigenvalue weighted by Gasteiger charge is 2.35. The van der Waals surface area contributed by atoms with Gasteiger partial charge in [-0.3, -0.25) is 4.79 Å². The zero-order valence-electron chi connectivity index (χ0n) is 15.2. The van der Waals surface area contributed by atoms with Crippen LogP contribution in [-0.4, -0.2) is 20.9 Å².